The molecule has 0 saturated carbocycles. The number of allylic oxidation sites excluding steroid dienone is 2. The van der Waals surface area contributed by atoms with Gasteiger partial charge in [-0.25, -0.2) is 12.2 Å². The van der Waals surface area contributed by atoms with Crippen molar-refractivity contribution in [2.24, 2.45) is 0 Å². The van der Waals surface area contributed by atoms with Gasteiger partial charge < -0.3 is 33.6 Å². The second kappa shape index (κ2) is 16.2. The van der Waals surface area contributed by atoms with Gasteiger partial charge in [0.1, 0.15) is 11.5 Å². The van der Waals surface area contributed by atoms with Crippen LogP contribution in [0.15, 0.2) is 154 Å². The Balaban J connectivity index is 0.000000172. The predicted molar refractivity (Wildman–Crippen MR) is 205 cm³/mol. The topological polar surface area (TPSA) is 26.3 Å². The smallest absolute Gasteiger partial charge is 1.00 e. The molecule has 2 nitrogen and oxygen atoms in total. The first-order valence-electron chi connectivity index (χ1n) is 17.2. The Morgan fingerprint density at radius 2 is 0.792 bits per heavy atom. The average Bonchev–Trinajstić information content (AvgIpc) is 3.98. The Morgan fingerprint density at radius 3 is 1.21 bits per heavy atom. The Hall–Kier alpha value is -4.66. The molecular weight excluding hydrogens is 771 g/mol. The molecule has 5 heteroatoms. The van der Waals surface area contributed by atoms with Gasteiger partial charge in [0.05, 0.1) is 11.5 Å². The van der Waals surface area contributed by atoms with Crippen LogP contribution >= 0.6 is 0 Å². The van der Waals surface area contributed by atoms with Crippen molar-refractivity contribution in [2.45, 2.75) is 25.7 Å². The summed E-state index contributed by atoms with van der Waals surface area (Å²) in [6.45, 7) is 3.96. The quantitative estimate of drug-likeness (QED) is 0.184. The number of hydrogen-bond acceptors (Lipinski definition) is 2. The number of aryl methyl sites for hydroxylation is 2. The number of benzene rings is 6. The summed E-state index contributed by atoms with van der Waals surface area (Å²) in [7, 11) is 0. The van der Waals surface area contributed by atoms with Gasteiger partial charge in [0.25, 0.3) is 0 Å². The van der Waals surface area contributed by atoms with Crippen molar-refractivity contribution in [1.82, 2.24) is 0 Å². The Morgan fingerprint density at radius 1 is 0.415 bits per heavy atom. The van der Waals surface area contributed by atoms with Crippen LogP contribution in [-0.4, -0.2) is 0 Å². The number of rotatable bonds is 4. The zero-order valence-corrected chi connectivity index (χ0v) is 33.2. The van der Waals surface area contributed by atoms with Gasteiger partial charge in [0.2, 0.25) is 0 Å². The number of halogens is 2. The van der Waals surface area contributed by atoms with Crippen LogP contribution in [0.3, 0.4) is 0 Å². The Bertz CT molecular complexity index is 2420. The summed E-state index contributed by atoms with van der Waals surface area (Å²) >= 11 is 0. The van der Waals surface area contributed by atoms with Crippen LogP contribution in [0.2, 0.25) is 0 Å². The summed E-state index contributed by atoms with van der Waals surface area (Å²) in [6.07, 6.45) is 11.2. The minimum atomic E-state index is 0. The number of fused-ring (bicyclic) bond motifs is 4. The van der Waals surface area contributed by atoms with Gasteiger partial charge in [0, 0.05) is 0 Å². The van der Waals surface area contributed by atoms with E-state index in [1.54, 1.807) is 0 Å². The second-order valence-electron chi connectivity index (χ2n) is 13.1. The standard InChI is InChI=1S/2C24H17O.2ClH.Zr/c2*1-16-12-15-24(25-16)23-14-13-22-20(10-5-11-21(22)23)19-9-4-7-17-6-2-3-8-18(17)19;;;/h2*2-13,15,23H,1H3;2*1H;/q2*-1;;;+4/p-2. The Kier molecular flexibility index (Phi) is 11.6. The summed E-state index contributed by atoms with van der Waals surface area (Å²) in [4.78, 5) is 0. The molecule has 2 atom stereocenters. The fourth-order valence-corrected chi connectivity index (χ4v) is 7.58. The summed E-state index contributed by atoms with van der Waals surface area (Å²) in [5, 5.41) is 5.09. The van der Waals surface area contributed by atoms with Crippen molar-refractivity contribution < 1.29 is 59.9 Å². The predicted octanol–water partition coefficient (Wildman–Crippen LogP) is 6.75. The minimum absolute atomic E-state index is 0. The van der Waals surface area contributed by atoms with Crippen molar-refractivity contribution >= 4 is 33.7 Å². The van der Waals surface area contributed by atoms with Gasteiger partial charge in [-0.05, 0) is 82.6 Å². The van der Waals surface area contributed by atoms with E-state index in [-0.39, 0.29) is 62.9 Å². The largest absolute Gasteiger partial charge is 4.00 e. The van der Waals surface area contributed by atoms with E-state index in [0.29, 0.717) is 0 Å². The van der Waals surface area contributed by atoms with E-state index in [1.807, 2.05) is 26.0 Å². The zero-order chi connectivity index (χ0) is 33.6. The second-order valence-corrected chi connectivity index (χ2v) is 13.1. The molecule has 6 aromatic carbocycles. The summed E-state index contributed by atoms with van der Waals surface area (Å²) in [5.74, 6) is 3.97. The molecule has 256 valence electrons. The molecule has 0 spiro atoms. The zero-order valence-electron chi connectivity index (χ0n) is 29.2. The number of hydrogen-bond donors (Lipinski definition) is 0. The molecule has 0 aliphatic heterocycles. The van der Waals surface area contributed by atoms with Gasteiger partial charge >= 0.3 is 26.2 Å². The van der Waals surface area contributed by atoms with Gasteiger partial charge in [-0.1, -0.05) is 132 Å². The van der Waals surface area contributed by atoms with Crippen LogP contribution in [0.25, 0.3) is 56.0 Å². The molecule has 0 bridgehead atoms. The SMILES string of the molecule is Cc1ccc(C2[C-]=Cc3c(-c4cccc5ccccc45)cccc32)o1.Cc1ccc(C2[C-]=Cc3c(-c4cccc5ccccc45)cccc32)o1.[Cl-].[Cl-].[Zr+4]. The minimum Gasteiger partial charge on any atom is -1.00 e. The molecule has 2 heterocycles. The fourth-order valence-electron chi connectivity index (χ4n) is 7.58. The van der Waals surface area contributed by atoms with E-state index in [2.05, 4.69) is 158 Å². The van der Waals surface area contributed by atoms with Crippen molar-refractivity contribution in [2.75, 3.05) is 0 Å². The van der Waals surface area contributed by atoms with Crippen molar-refractivity contribution in [3.8, 4) is 22.3 Å². The summed E-state index contributed by atoms with van der Waals surface area (Å²) in [5.41, 5.74) is 10.1. The third kappa shape index (κ3) is 7.07. The van der Waals surface area contributed by atoms with Crippen LogP contribution in [-0.2, 0) is 26.2 Å². The summed E-state index contributed by atoms with van der Waals surface area (Å²) < 4.78 is 11.7. The molecule has 0 N–H and O–H groups in total. The molecule has 8 aromatic rings. The molecule has 10 rings (SSSR count). The average molecular weight is 805 g/mol. The van der Waals surface area contributed by atoms with Gasteiger partial charge in [-0.2, -0.15) is 11.1 Å². The van der Waals surface area contributed by atoms with Crippen LogP contribution in [0.1, 0.15) is 57.1 Å². The molecule has 2 aliphatic rings. The maximum atomic E-state index is 5.86. The van der Waals surface area contributed by atoms with E-state index in [0.717, 1.165) is 23.0 Å². The van der Waals surface area contributed by atoms with Crippen LogP contribution in [0.5, 0.6) is 0 Å². The first-order valence-corrected chi connectivity index (χ1v) is 17.2. The van der Waals surface area contributed by atoms with E-state index < -0.39 is 0 Å². The van der Waals surface area contributed by atoms with Gasteiger partial charge in [-0.15, -0.1) is 11.1 Å². The first kappa shape index (κ1) is 38.1. The van der Waals surface area contributed by atoms with Crippen molar-refractivity contribution in [3.05, 3.63) is 203 Å². The fraction of sp³-hybridized carbons (Fsp3) is 0.0833. The maximum absolute atomic E-state index is 5.86. The summed E-state index contributed by atoms with van der Waals surface area (Å²) in [6, 6.07) is 51.3. The van der Waals surface area contributed by atoms with Crippen LogP contribution < -0.4 is 24.8 Å². The van der Waals surface area contributed by atoms with E-state index in [1.165, 1.54) is 66.1 Å². The third-order valence-corrected chi connectivity index (χ3v) is 9.94. The van der Waals surface area contributed by atoms with Crippen LogP contribution in [0, 0.1) is 26.0 Å². The molecule has 2 aliphatic carbocycles. The van der Waals surface area contributed by atoms with E-state index in [4.69, 9.17) is 8.83 Å². The van der Waals surface area contributed by atoms with E-state index in [9.17, 15) is 0 Å². The number of furan rings is 2. The van der Waals surface area contributed by atoms with Gasteiger partial charge in [0.15, 0.2) is 0 Å². The molecule has 53 heavy (non-hydrogen) atoms. The van der Waals surface area contributed by atoms with Gasteiger partial charge in [-0.3, -0.25) is 12.2 Å². The maximum Gasteiger partial charge on any atom is 4.00 e. The third-order valence-electron chi connectivity index (χ3n) is 9.94. The van der Waals surface area contributed by atoms with Crippen molar-refractivity contribution in [3.63, 3.8) is 0 Å². The molecule has 2 aromatic heterocycles. The molecule has 0 amide bonds. The first-order chi connectivity index (χ1) is 24.6. The monoisotopic (exact) mass is 802 g/mol. The van der Waals surface area contributed by atoms with Crippen molar-refractivity contribution in [1.29, 1.82) is 0 Å². The molecule has 0 saturated heterocycles. The van der Waals surface area contributed by atoms with E-state index >= 15 is 0 Å². The molecule has 0 radical (unpaired) electrons. The molecule has 2 unspecified atom stereocenters. The normalized spacial score (nSPS) is 14.8. The Labute approximate surface area is 342 Å². The van der Waals surface area contributed by atoms with Crippen LogP contribution in [0.4, 0.5) is 0 Å². The molecule has 0 fully saturated rings. The molecular formula is C48H34Cl2O2Zr.